The first-order valence-electron chi connectivity index (χ1n) is 9.53. The summed E-state index contributed by atoms with van der Waals surface area (Å²) in [5, 5.41) is 4.50. The molecule has 0 atom stereocenters. The van der Waals surface area contributed by atoms with Gasteiger partial charge in [-0.3, -0.25) is 4.90 Å². The third kappa shape index (κ3) is 3.58. The lowest BCUT2D eigenvalue weighted by Crippen LogP contribution is -2.36. The van der Waals surface area contributed by atoms with Crippen LogP contribution in [-0.4, -0.2) is 48.0 Å². The Morgan fingerprint density at radius 1 is 0.964 bits per heavy atom. The number of nitrogens with one attached hydrogen (secondary N) is 1. The quantitative estimate of drug-likeness (QED) is 0.732. The van der Waals surface area contributed by atoms with Crippen molar-refractivity contribution in [1.82, 2.24) is 14.9 Å². The molecule has 0 bridgehead atoms. The van der Waals surface area contributed by atoms with Gasteiger partial charge in [0.05, 0.1) is 25.3 Å². The summed E-state index contributed by atoms with van der Waals surface area (Å²) in [5.41, 5.74) is 2.07. The minimum atomic E-state index is 0.285. The molecule has 1 saturated heterocycles. The van der Waals surface area contributed by atoms with Crippen molar-refractivity contribution in [3.8, 4) is 11.5 Å². The summed E-state index contributed by atoms with van der Waals surface area (Å²) < 4.78 is 16.3. The smallest absolute Gasteiger partial charge is 0.231 e. The Hall–Kier alpha value is -2.90. The molecule has 1 fully saturated rings. The second-order valence-corrected chi connectivity index (χ2v) is 6.94. The molecule has 0 unspecified atom stereocenters. The van der Waals surface area contributed by atoms with Gasteiger partial charge in [-0.1, -0.05) is 18.2 Å². The Balaban J connectivity index is 1.39. The number of morpholine rings is 1. The number of para-hydroxylation sites is 1. The van der Waals surface area contributed by atoms with E-state index >= 15 is 0 Å². The van der Waals surface area contributed by atoms with Crippen LogP contribution in [0, 0.1) is 0 Å². The topological polar surface area (TPSA) is 68.7 Å². The van der Waals surface area contributed by atoms with Gasteiger partial charge >= 0.3 is 0 Å². The van der Waals surface area contributed by atoms with Crippen molar-refractivity contribution in [2.45, 2.75) is 13.1 Å². The van der Waals surface area contributed by atoms with E-state index in [9.17, 15) is 0 Å². The third-order valence-corrected chi connectivity index (χ3v) is 5.02. The van der Waals surface area contributed by atoms with Crippen molar-refractivity contribution in [3.63, 3.8) is 0 Å². The Morgan fingerprint density at radius 3 is 2.75 bits per heavy atom. The number of benzene rings is 2. The number of nitrogens with zero attached hydrogens (tertiary/aromatic N) is 3. The largest absolute Gasteiger partial charge is 0.454 e. The standard InChI is InChI=1S/C21H22N4O3/c1-2-4-17-16(3-1)21(24-20(23-17)13-25-7-9-26-10-8-25)22-12-15-5-6-18-19(11-15)28-14-27-18/h1-6,11H,7-10,12-14H2,(H,22,23,24). The fourth-order valence-corrected chi connectivity index (χ4v) is 3.53. The number of fused-ring (bicyclic) bond motifs is 2. The fourth-order valence-electron chi connectivity index (χ4n) is 3.53. The Bertz CT molecular complexity index is 989. The molecule has 0 saturated carbocycles. The Kier molecular flexibility index (Phi) is 4.68. The highest BCUT2D eigenvalue weighted by atomic mass is 16.7. The summed E-state index contributed by atoms with van der Waals surface area (Å²) in [6.45, 7) is 5.02. The van der Waals surface area contributed by atoms with Crippen LogP contribution in [0.1, 0.15) is 11.4 Å². The van der Waals surface area contributed by atoms with Gasteiger partial charge in [0.15, 0.2) is 11.5 Å². The highest BCUT2D eigenvalue weighted by molar-refractivity contribution is 5.88. The zero-order valence-corrected chi connectivity index (χ0v) is 15.6. The first-order valence-corrected chi connectivity index (χ1v) is 9.53. The lowest BCUT2D eigenvalue weighted by atomic mass is 10.2. The van der Waals surface area contributed by atoms with Crippen LogP contribution in [0.2, 0.25) is 0 Å². The molecule has 28 heavy (non-hydrogen) atoms. The molecular weight excluding hydrogens is 356 g/mol. The van der Waals surface area contributed by atoms with E-state index < -0.39 is 0 Å². The predicted octanol–water partition coefficient (Wildman–Crippen LogP) is 2.80. The lowest BCUT2D eigenvalue weighted by Gasteiger charge is -2.26. The van der Waals surface area contributed by atoms with E-state index in [4.69, 9.17) is 24.2 Å². The van der Waals surface area contributed by atoms with Crippen molar-refractivity contribution in [2.24, 2.45) is 0 Å². The fraction of sp³-hybridized carbons (Fsp3) is 0.333. The van der Waals surface area contributed by atoms with E-state index in [0.717, 1.165) is 72.5 Å². The summed E-state index contributed by atoms with van der Waals surface area (Å²) >= 11 is 0. The van der Waals surface area contributed by atoms with Crippen LogP contribution < -0.4 is 14.8 Å². The molecule has 5 rings (SSSR count). The van der Waals surface area contributed by atoms with Crippen molar-refractivity contribution in [1.29, 1.82) is 0 Å². The third-order valence-electron chi connectivity index (χ3n) is 5.02. The molecule has 0 amide bonds. The van der Waals surface area contributed by atoms with Gasteiger partial charge in [-0.05, 0) is 29.8 Å². The van der Waals surface area contributed by atoms with Gasteiger partial charge in [0.25, 0.3) is 0 Å². The SMILES string of the molecule is c1ccc2c(NCc3ccc4c(c3)OCO4)nc(CN3CCOCC3)nc2c1. The second-order valence-electron chi connectivity index (χ2n) is 6.94. The van der Waals surface area contributed by atoms with Crippen LogP contribution in [-0.2, 0) is 17.8 Å². The van der Waals surface area contributed by atoms with Gasteiger partial charge < -0.3 is 19.5 Å². The predicted molar refractivity (Wildman–Crippen MR) is 106 cm³/mol. The summed E-state index contributed by atoms with van der Waals surface area (Å²) in [4.78, 5) is 11.9. The van der Waals surface area contributed by atoms with Crippen molar-refractivity contribution in [3.05, 3.63) is 53.9 Å². The molecule has 7 heteroatoms. The molecule has 2 aromatic carbocycles. The van der Waals surface area contributed by atoms with E-state index in [-0.39, 0.29) is 6.79 Å². The first kappa shape index (κ1) is 17.2. The molecule has 2 aliphatic rings. The molecule has 7 nitrogen and oxygen atoms in total. The number of hydrogen-bond donors (Lipinski definition) is 1. The van der Waals surface area contributed by atoms with Crippen LogP contribution in [0.4, 0.5) is 5.82 Å². The van der Waals surface area contributed by atoms with E-state index in [1.165, 1.54) is 0 Å². The summed E-state index contributed by atoms with van der Waals surface area (Å²) in [6, 6.07) is 14.1. The van der Waals surface area contributed by atoms with Gasteiger partial charge in [0, 0.05) is 25.0 Å². The van der Waals surface area contributed by atoms with E-state index in [1.807, 2.05) is 36.4 Å². The van der Waals surface area contributed by atoms with Crippen LogP contribution in [0.25, 0.3) is 10.9 Å². The number of rotatable bonds is 5. The van der Waals surface area contributed by atoms with Gasteiger partial charge in [-0.2, -0.15) is 0 Å². The molecule has 3 heterocycles. The maximum Gasteiger partial charge on any atom is 0.231 e. The van der Waals surface area contributed by atoms with Gasteiger partial charge in [-0.25, -0.2) is 9.97 Å². The number of anilines is 1. The van der Waals surface area contributed by atoms with Crippen molar-refractivity contribution < 1.29 is 14.2 Å². The minimum Gasteiger partial charge on any atom is -0.454 e. The highest BCUT2D eigenvalue weighted by Crippen LogP contribution is 2.32. The van der Waals surface area contributed by atoms with Crippen LogP contribution >= 0.6 is 0 Å². The maximum absolute atomic E-state index is 5.47. The lowest BCUT2D eigenvalue weighted by molar-refractivity contribution is 0.0331. The molecule has 2 aliphatic heterocycles. The number of ether oxygens (including phenoxy) is 3. The molecule has 144 valence electrons. The van der Waals surface area contributed by atoms with E-state index in [0.29, 0.717) is 6.54 Å². The van der Waals surface area contributed by atoms with Crippen molar-refractivity contribution >= 4 is 16.7 Å². The number of aromatic nitrogens is 2. The molecule has 1 N–H and O–H groups in total. The van der Waals surface area contributed by atoms with Crippen LogP contribution in [0.15, 0.2) is 42.5 Å². The zero-order chi connectivity index (χ0) is 18.8. The first-order chi connectivity index (χ1) is 13.8. The van der Waals surface area contributed by atoms with Gasteiger partial charge in [0.1, 0.15) is 11.6 Å². The van der Waals surface area contributed by atoms with Crippen LogP contribution in [0.5, 0.6) is 11.5 Å². The summed E-state index contributed by atoms with van der Waals surface area (Å²) in [5.74, 6) is 3.27. The molecular formula is C21H22N4O3. The Morgan fingerprint density at radius 2 is 1.82 bits per heavy atom. The van der Waals surface area contributed by atoms with E-state index in [2.05, 4.69) is 16.3 Å². The maximum atomic E-state index is 5.47. The zero-order valence-electron chi connectivity index (χ0n) is 15.6. The van der Waals surface area contributed by atoms with Crippen LogP contribution in [0.3, 0.4) is 0 Å². The van der Waals surface area contributed by atoms with Gasteiger partial charge in [0.2, 0.25) is 6.79 Å². The van der Waals surface area contributed by atoms with E-state index in [1.54, 1.807) is 0 Å². The van der Waals surface area contributed by atoms with Gasteiger partial charge in [-0.15, -0.1) is 0 Å². The summed E-state index contributed by atoms with van der Waals surface area (Å²) in [7, 11) is 0. The molecule has 3 aromatic rings. The van der Waals surface area contributed by atoms with Crippen molar-refractivity contribution in [2.75, 3.05) is 38.4 Å². The molecule has 0 aliphatic carbocycles. The highest BCUT2D eigenvalue weighted by Gasteiger charge is 2.16. The average Bonchev–Trinajstić information content (AvgIpc) is 3.21. The summed E-state index contributed by atoms with van der Waals surface area (Å²) in [6.07, 6.45) is 0. The Labute approximate surface area is 163 Å². The average molecular weight is 378 g/mol. The molecule has 0 spiro atoms. The number of hydrogen-bond acceptors (Lipinski definition) is 7. The normalized spacial score (nSPS) is 16.4. The molecule has 0 radical (unpaired) electrons. The minimum absolute atomic E-state index is 0.285. The monoisotopic (exact) mass is 378 g/mol. The second kappa shape index (κ2) is 7.61. The molecule has 1 aromatic heterocycles.